The minimum absolute atomic E-state index is 0.0436. The molecule has 1 aliphatic rings. The molecular formula is C23H23FN4O. The molecule has 0 saturated heterocycles. The number of rotatable bonds is 5. The van der Waals surface area contributed by atoms with E-state index in [0.29, 0.717) is 11.5 Å². The van der Waals surface area contributed by atoms with E-state index >= 15 is 0 Å². The van der Waals surface area contributed by atoms with Gasteiger partial charge in [-0.15, -0.1) is 0 Å². The molecule has 1 fully saturated rings. The monoisotopic (exact) mass is 390 g/mol. The van der Waals surface area contributed by atoms with E-state index < -0.39 is 0 Å². The lowest BCUT2D eigenvalue weighted by atomic mass is 9.78. The van der Waals surface area contributed by atoms with Crippen molar-refractivity contribution in [3.05, 3.63) is 59.4 Å². The molecule has 3 aromatic rings. The molecule has 1 saturated carbocycles. The molecule has 2 aromatic carbocycles. The average Bonchev–Trinajstić information content (AvgIpc) is 3.03. The van der Waals surface area contributed by atoms with Crippen LogP contribution in [-0.2, 0) is 10.3 Å². The summed E-state index contributed by atoms with van der Waals surface area (Å²) < 4.78 is 15.2. The largest absolute Gasteiger partial charge is 0.304 e. The van der Waals surface area contributed by atoms with Crippen LogP contribution < -0.4 is 5.32 Å². The van der Waals surface area contributed by atoms with Crippen LogP contribution in [0.15, 0.2) is 42.5 Å². The fourth-order valence-electron chi connectivity index (χ4n) is 4.05. The first-order valence-corrected chi connectivity index (χ1v) is 9.88. The van der Waals surface area contributed by atoms with E-state index in [1.807, 2.05) is 19.1 Å². The van der Waals surface area contributed by atoms with Crippen LogP contribution in [0.5, 0.6) is 0 Å². The Kier molecular flexibility index (Phi) is 4.83. The lowest BCUT2D eigenvalue weighted by Crippen LogP contribution is -2.38. The van der Waals surface area contributed by atoms with Gasteiger partial charge in [0, 0.05) is 12.0 Å². The highest BCUT2D eigenvalue weighted by Gasteiger charge is 2.37. The van der Waals surface area contributed by atoms with Crippen molar-refractivity contribution in [2.45, 2.75) is 51.0 Å². The Balaban J connectivity index is 1.61. The first kappa shape index (κ1) is 19.1. The number of nitrogens with zero attached hydrogens (tertiary/aromatic N) is 3. The maximum absolute atomic E-state index is 13.1. The summed E-state index contributed by atoms with van der Waals surface area (Å²) in [6.07, 6.45) is 3.41. The Morgan fingerprint density at radius 3 is 2.66 bits per heavy atom. The molecule has 29 heavy (non-hydrogen) atoms. The summed E-state index contributed by atoms with van der Waals surface area (Å²) in [5.41, 5.74) is 3.00. The third kappa shape index (κ3) is 3.61. The van der Waals surface area contributed by atoms with Crippen LogP contribution in [0.2, 0.25) is 0 Å². The number of hydrogen-bond acceptors (Lipinski definition) is 3. The van der Waals surface area contributed by atoms with Crippen LogP contribution >= 0.6 is 0 Å². The van der Waals surface area contributed by atoms with Crippen LogP contribution in [0.25, 0.3) is 11.0 Å². The smallest absolute Gasteiger partial charge is 0.227 e. The van der Waals surface area contributed by atoms with Gasteiger partial charge in [0.25, 0.3) is 0 Å². The van der Waals surface area contributed by atoms with Gasteiger partial charge in [0.1, 0.15) is 5.82 Å². The predicted octanol–water partition coefficient (Wildman–Crippen LogP) is 5.08. The highest BCUT2D eigenvalue weighted by atomic mass is 19.1. The quantitative estimate of drug-likeness (QED) is 0.660. The zero-order valence-electron chi connectivity index (χ0n) is 16.6. The number of imidazole rings is 1. The second-order valence-electron chi connectivity index (χ2n) is 8.14. The van der Waals surface area contributed by atoms with Crippen molar-refractivity contribution < 1.29 is 9.18 Å². The summed E-state index contributed by atoms with van der Waals surface area (Å²) in [5.74, 6) is 0.0536. The Labute approximate surface area is 169 Å². The van der Waals surface area contributed by atoms with Crippen molar-refractivity contribution in [3.63, 3.8) is 0 Å². The Hall–Kier alpha value is -3.20. The van der Waals surface area contributed by atoms with Crippen LogP contribution in [-0.4, -0.2) is 15.5 Å². The van der Waals surface area contributed by atoms with Crippen molar-refractivity contribution in [1.82, 2.24) is 9.55 Å². The maximum Gasteiger partial charge on any atom is 0.227 e. The Morgan fingerprint density at radius 1 is 1.31 bits per heavy atom. The molecule has 0 spiro atoms. The molecule has 1 atom stereocenters. The zero-order valence-corrected chi connectivity index (χ0v) is 16.6. The molecule has 148 valence electrons. The normalized spacial score (nSPS) is 16.1. The van der Waals surface area contributed by atoms with Gasteiger partial charge in [-0.05, 0) is 68.0 Å². The van der Waals surface area contributed by atoms with E-state index in [4.69, 9.17) is 0 Å². The van der Waals surface area contributed by atoms with E-state index in [-0.39, 0.29) is 29.6 Å². The van der Waals surface area contributed by atoms with Crippen molar-refractivity contribution in [1.29, 1.82) is 5.26 Å². The third-order valence-corrected chi connectivity index (χ3v) is 5.94. The van der Waals surface area contributed by atoms with Gasteiger partial charge in [-0.3, -0.25) is 10.1 Å². The molecule has 4 rings (SSSR count). The van der Waals surface area contributed by atoms with Crippen LogP contribution in [0, 0.1) is 17.1 Å². The molecule has 1 heterocycles. The van der Waals surface area contributed by atoms with E-state index in [1.165, 1.54) is 12.1 Å². The van der Waals surface area contributed by atoms with Crippen molar-refractivity contribution in [3.8, 4) is 6.07 Å². The van der Waals surface area contributed by atoms with E-state index in [0.717, 1.165) is 35.9 Å². The second kappa shape index (κ2) is 7.32. The van der Waals surface area contributed by atoms with Gasteiger partial charge in [-0.25, -0.2) is 9.37 Å². The number of amides is 1. The van der Waals surface area contributed by atoms with E-state index in [2.05, 4.69) is 27.9 Å². The standard InChI is InChI=1S/C23H23FN4O/c1-15(17-5-7-18(24)8-6-17)12-21(29)27-22-26-19-9-4-16(14-25)13-20(19)28(22)23(2)10-3-11-23/h4-9,13,15H,3,10-12H2,1-2H3,(H,26,27,29)/t15-/m1/s1. The number of nitriles is 1. The van der Waals surface area contributed by atoms with Crippen molar-refractivity contribution in [2.24, 2.45) is 0 Å². The lowest BCUT2D eigenvalue weighted by molar-refractivity contribution is -0.116. The maximum atomic E-state index is 13.1. The van der Waals surface area contributed by atoms with Gasteiger partial charge < -0.3 is 4.57 Å². The number of hydrogen-bond donors (Lipinski definition) is 1. The number of fused-ring (bicyclic) bond motifs is 1. The van der Waals surface area contributed by atoms with Crippen LogP contribution in [0.4, 0.5) is 10.3 Å². The summed E-state index contributed by atoms with van der Waals surface area (Å²) in [5, 5.41) is 12.2. The topological polar surface area (TPSA) is 70.7 Å². The average molecular weight is 390 g/mol. The third-order valence-electron chi connectivity index (χ3n) is 5.94. The summed E-state index contributed by atoms with van der Waals surface area (Å²) in [6, 6.07) is 13.8. The van der Waals surface area contributed by atoms with Gasteiger partial charge in [-0.2, -0.15) is 5.26 Å². The molecule has 6 heteroatoms. The Morgan fingerprint density at radius 2 is 2.03 bits per heavy atom. The van der Waals surface area contributed by atoms with Crippen molar-refractivity contribution in [2.75, 3.05) is 5.32 Å². The molecular weight excluding hydrogens is 367 g/mol. The molecule has 1 aliphatic carbocycles. The molecule has 0 unspecified atom stereocenters. The second-order valence-corrected chi connectivity index (χ2v) is 8.14. The lowest BCUT2D eigenvalue weighted by Gasteiger charge is -2.41. The van der Waals surface area contributed by atoms with E-state index in [1.54, 1.807) is 18.2 Å². The first-order chi connectivity index (χ1) is 13.9. The molecule has 1 amide bonds. The molecule has 5 nitrogen and oxygen atoms in total. The summed E-state index contributed by atoms with van der Waals surface area (Å²) >= 11 is 0. The summed E-state index contributed by atoms with van der Waals surface area (Å²) in [6.45, 7) is 4.11. The highest BCUT2D eigenvalue weighted by molar-refractivity contribution is 5.92. The minimum atomic E-state index is -0.287. The summed E-state index contributed by atoms with van der Waals surface area (Å²) in [4.78, 5) is 17.4. The molecule has 0 aliphatic heterocycles. The predicted molar refractivity (Wildman–Crippen MR) is 110 cm³/mol. The summed E-state index contributed by atoms with van der Waals surface area (Å²) in [7, 11) is 0. The van der Waals surface area contributed by atoms with Gasteiger partial charge in [0.15, 0.2) is 0 Å². The molecule has 0 radical (unpaired) electrons. The fraction of sp³-hybridized carbons (Fsp3) is 0.348. The Bertz CT molecular complexity index is 1110. The van der Waals surface area contributed by atoms with Crippen LogP contribution in [0.1, 0.15) is 56.6 Å². The van der Waals surface area contributed by atoms with Crippen molar-refractivity contribution >= 4 is 22.9 Å². The number of aromatic nitrogens is 2. The number of benzene rings is 2. The molecule has 0 bridgehead atoms. The van der Waals surface area contributed by atoms with Gasteiger partial charge >= 0.3 is 0 Å². The van der Waals surface area contributed by atoms with Crippen LogP contribution in [0.3, 0.4) is 0 Å². The zero-order chi connectivity index (χ0) is 20.6. The number of nitrogens with one attached hydrogen (secondary N) is 1. The van der Waals surface area contributed by atoms with Gasteiger partial charge in [0.05, 0.1) is 22.7 Å². The SMILES string of the molecule is C[C@H](CC(=O)Nc1nc2ccc(C#N)cc2n1C1(C)CCC1)c1ccc(F)cc1. The number of anilines is 1. The number of carbonyl (C=O) groups is 1. The molecule has 1 N–H and O–H groups in total. The minimum Gasteiger partial charge on any atom is -0.304 e. The number of halogens is 1. The van der Waals surface area contributed by atoms with Gasteiger partial charge in [-0.1, -0.05) is 19.1 Å². The van der Waals surface area contributed by atoms with E-state index in [9.17, 15) is 14.4 Å². The molecule has 1 aromatic heterocycles. The van der Waals surface area contributed by atoms with Gasteiger partial charge in [0.2, 0.25) is 11.9 Å². The highest BCUT2D eigenvalue weighted by Crippen LogP contribution is 2.43. The fourth-order valence-corrected chi connectivity index (χ4v) is 4.05. The first-order valence-electron chi connectivity index (χ1n) is 9.88. The number of carbonyl (C=O) groups excluding carboxylic acids is 1.